The first-order valence-corrected chi connectivity index (χ1v) is 8.60. The van der Waals surface area contributed by atoms with Crippen molar-refractivity contribution >= 4 is 28.9 Å². The van der Waals surface area contributed by atoms with E-state index in [-0.39, 0.29) is 22.8 Å². The van der Waals surface area contributed by atoms with Crippen LogP contribution < -0.4 is 10.5 Å². The SMILES string of the molecule is C[C@H]1CN(c2cnn(Cc3ccc(Cl)cc3)c(=O)c2Cl)C[C@H](C)O1. The summed E-state index contributed by atoms with van der Waals surface area (Å²) >= 11 is 12.2. The number of benzene rings is 1. The minimum absolute atomic E-state index is 0.0846. The number of hydrogen-bond acceptors (Lipinski definition) is 4. The van der Waals surface area contributed by atoms with Gasteiger partial charge < -0.3 is 9.64 Å². The molecule has 2 heterocycles. The van der Waals surface area contributed by atoms with Gasteiger partial charge >= 0.3 is 0 Å². The van der Waals surface area contributed by atoms with Gasteiger partial charge in [0, 0.05) is 18.1 Å². The molecule has 0 N–H and O–H groups in total. The van der Waals surface area contributed by atoms with Gasteiger partial charge in [-0.3, -0.25) is 4.79 Å². The van der Waals surface area contributed by atoms with Gasteiger partial charge in [-0.15, -0.1) is 0 Å². The van der Waals surface area contributed by atoms with Gasteiger partial charge in [0.1, 0.15) is 5.02 Å². The van der Waals surface area contributed by atoms with Crippen LogP contribution >= 0.6 is 23.2 Å². The van der Waals surface area contributed by atoms with Gasteiger partial charge in [0.15, 0.2) is 0 Å². The van der Waals surface area contributed by atoms with Crippen molar-refractivity contribution in [1.29, 1.82) is 0 Å². The van der Waals surface area contributed by atoms with Gasteiger partial charge in [0.2, 0.25) is 0 Å². The molecule has 128 valence electrons. The number of halogens is 2. The second kappa shape index (κ2) is 7.13. The number of morpholine rings is 1. The highest BCUT2D eigenvalue weighted by atomic mass is 35.5. The maximum absolute atomic E-state index is 12.6. The molecule has 3 rings (SSSR count). The van der Waals surface area contributed by atoms with Crippen LogP contribution in [0, 0.1) is 0 Å². The lowest BCUT2D eigenvalue weighted by Gasteiger charge is -2.36. The molecule has 0 radical (unpaired) electrons. The summed E-state index contributed by atoms with van der Waals surface area (Å²) in [7, 11) is 0. The molecule has 0 saturated carbocycles. The molecule has 1 saturated heterocycles. The van der Waals surface area contributed by atoms with E-state index in [1.807, 2.05) is 26.0 Å². The van der Waals surface area contributed by atoms with Crippen LogP contribution in [0.25, 0.3) is 0 Å². The first-order chi connectivity index (χ1) is 11.4. The summed E-state index contributed by atoms with van der Waals surface area (Å²) in [5.41, 5.74) is 1.30. The van der Waals surface area contributed by atoms with Gasteiger partial charge in [-0.05, 0) is 31.5 Å². The Bertz CT molecular complexity index is 766. The molecule has 1 aliphatic heterocycles. The van der Waals surface area contributed by atoms with Crippen molar-refractivity contribution < 1.29 is 4.74 Å². The van der Waals surface area contributed by atoms with Crippen molar-refractivity contribution in [3.05, 3.63) is 56.4 Å². The number of hydrogen-bond donors (Lipinski definition) is 0. The Balaban J connectivity index is 1.86. The highest BCUT2D eigenvalue weighted by Gasteiger charge is 2.25. The Morgan fingerprint density at radius 2 is 1.79 bits per heavy atom. The summed E-state index contributed by atoms with van der Waals surface area (Å²) in [5, 5.41) is 5.14. The Labute approximate surface area is 150 Å². The van der Waals surface area contributed by atoms with Crippen LogP contribution in [0.3, 0.4) is 0 Å². The van der Waals surface area contributed by atoms with Crippen molar-refractivity contribution in [2.45, 2.75) is 32.6 Å². The lowest BCUT2D eigenvalue weighted by Crippen LogP contribution is -2.46. The number of aromatic nitrogens is 2. The summed E-state index contributed by atoms with van der Waals surface area (Å²) < 4.78 is 7.08. The van der Waals surface area contributed by atoms with Crippen LogP contribution in [0.2, 0.25) is 10.0 Å². The summed E-state index contributed by atoms with van der Waals surface area (Å²) in [4.78, 5) is 14.6. The Hall–Kier alpha value is -1.56. The third kappa shape index (κ3) is 3.74. The van der Waals surface area contributed by atoms with Crippen molar-refractivity contribution in [3.63, 3.8) is 0 Å². The zero-order valence-corrected chi connectivity index (χ0v) is 15.1. The normalized spacial score (nSPS) is 21.1. The molecule has 5 nitrogen and oxygen atoms in total. The Kier molecular flexibility index (Phi) is 5.13. The topological polar surface area (TPSA) is 47.4 Å². The van der Waals surface area contributed by atoms with Crippen LogP contribution in [-0.4, -0.2) is 35.1 Å². The Morgan fingerprint density at radius 1 is 1.17 bits per heavy atom. The summed E-state index contributed by atoms with van der Waals surface area (Å²) in [5.74, 6) is 0. The maximum Gasteiger partial charge on any atom is 0.287 e. The molecule has 0 unspecified atom stereocenters. The molecule has 2 aromatic rings. The molecule has 1 aliphatic rings. The number of ether oxygens (including phenoxy) is 1. The fraction of sp³-hybridized carbons (Fsp3) is 0.412. The third-order valence-electron chi connectivity index (χ3n) is 3.97. The Morgan fingerprint density at radius 3 is 2.42 bits per heavy atom. The van der Waals surface area contributed by atoms with Crippen molar-refractivity contribution in [3.8, 4) is 0 Å². The summed E-state index contributed by atoms with van der Waals surface area (Å²) in [6.45, 7) is 5.74. The predicted molar refractivity (Wildman–Crippen MR) is 96.3 cm³/mol. The van der Waals surface area contributed by atoms with Crippen LogP contribution in [0.4, 0.5) is 5.69 Å². The molecule has 0 aliphatic carbocycles. The first kappa shape index (κ1) is 17.3. The molecule has 1 aromatic heterocycles. The molecule has 0 amide bonds. The van der Waals surface area contributed by atoms with E-state index in [1.165, 1.54) is 4.68 Å². The van der Waals surface area contributed by atoms with E-state index in [9.17, 15) is 4.79 Å². The van der Waals surface area contributed by atoms with Crippen LogP contribution in [0.5, 0.6) is 0 Å². The smallest absolute Gasteiger partial charge is 0.287 e. The molecule has 1 fully saturated rings. The molecule has 0 spiro atoms. The average Bonchev–Trinajstić information content (AvgIpc) is 2.53. The van der Waals surface area contributed by atoms with Crippen LogP contribution in [0.15, 0.2) is 35.3 Å². The lowest BCUT2D eigenvalue weighted by atomic mass is 10.2. The van der Waals surface area contributed by atoms with Gasteiger partial charge in [-0.1, -0.05) is 35.3 Å². The molecular formula is C17H19Cl2N3O2. The van der Waals surface area contributed by atoms with Gasteiger partial charge in [-0.25, -0.2) is 4.68 Å². The maximum atomic E-state index is 12.6. The second-order valence-corrected chi connectivity index (χ2v) is 6.91. The number of nitrogens with zero attached hydrogens (tertiary/aromatic N) is 3. The monoisotopic (exact) mass is 367 g/mol. The predicted octanol–water partition coefficient (Wildman–Crippen LogP) is 3.21. The number of anilines is 1. The van der Waals surface area contributed by atoms with E-state index in [2.05, 4.69) is 10.00 Å². The van der Waals surface area contributed by atoms with E-state index in [0.717, 1.165) is 5.56 Å². The quantitative estimate of drug-likeness (QED) is 0.835. The van der Waals surface area contributed by atoms with Gasteiger partial charge in [0.05, 0.1) is 30.6 Å². The van der Waals surface area contributed by atoms with Gasteiger partial charge in [-0.2, -0.15) is 5.10 Å². The van der Waals surface area contributed by atoms with E-state index >= 15 is 0 Å². The molecule has 2 atom stereocenters. The second-order valence-electron chi connectivity index (χ2n) is 6.10. The fourth-order valence-corrected chi connectivity index (χ4v) is 3.32. The first-order valence-electron chi connectivity index (χ1n) is 7.84. The lowest BCUT2D eigenvalue weighted by molar-refractivity contribution is -0.00524. The summed E-state index contributed by atoms with van der Waals surface area (Å²) in [6.07, 6.45) is 1.83. The van der Waals surface area contributed by atoms with Gasteiger partial charge in [0.25, 0.3) is 5.56 Å². The van der Waals surface area contributed by atoms with Crippen molar-refractivity contribution in [2.24, 2.45) is 0 Å². The highest BCUT2D eigenvalue weighted by molar-refractivity contribution is 6.33. The van der Waals surface area contributed by atoms with E-state index in [1.54, 1.807) is 18.3 Å². The fourth-order valence-electron chi connectivity index (χ4n) is 2.93. The third-order valence-corrected chi connectivity index (χ3v) is 4.58. The van der Waals surface area contributed by atoms with Crippen LogP contribution in [0.1, 0.15) is 19.4 Å². The molecule has 7 heteroatoms. The highest BCUT2D eigenvalue weighted by Crippen LogP contribution is 2.25. The minimum atomic E-state index is -0.295. The summed E-state index contributed by atoms with van der Waals surface area (Å²) in [6, 6.07) is 7.30. The molecular weight excluding hydrogens is 349 g/mol. The molecule has 24 heavy (non-hydrogen) atoms. The van der Waals surface area contributed by atoms with E-state index in [0.29, 0.717) is 30.3 Å². The zero-order valence-electron chi connectivity index (χ0n) is 13.6. The van der Waals surface area contributed by atoms with E-state index in [4.69, 9.17) is 27.9 Å². The molecule has 1 aromatic carbocycles. The largest absolute Gasteiger partial charge is 0.372 e. The zero-order chi connectivity index (χ0) is 17.3. The molecule has 0 bridgehead atoms. The van der Waals surface area contributed by atoms with E-state index < -0.39 is 0 Å². The van der Waals surface area contributed by atoms with Crippen molar-refractivity contribution in [1.82, 2.24) is 9.78 Å². The number of rotatable bonds is 3. The average molecular weight is 368 g/mol. The minimum Gasteiger partial charge on any atom is -0.372 e. The van der Waals surface area contributed by atoms with Crippen molar-refractivity contribution in [2.75, 3.05) is 18.0 Å². The standard InChI is InChI=1S/C17H19Cl2N3O2/c1-11-8-21(9-12(2)24-11)15-7-20-22(17(23)16(15)19)10-13-3-5-14(18)6-4-13/h3-7,11-12H,8-10H2,1-2H3/t11-,12-/m0/s1. The van der Waals surface area contributed by atoms with Crippen LogP contribution in [-0.2, 0) is 11.3 Å².